The lowest BCUT2D eigenvalue weighted by molar-refractivity contribution is -0.127. The van der Waals surface area contributed by atoms with Crippen molar-refractivity contribution in [2.75, 3.05) is 0 Å². The number of hydrogen-bond acceptors (Lipinski definition) is 6. The number of esters is 1. The van der Waals surface area contributed by atoms with Crippen molar-refractivity contribution in [3.05, 3.63) is 39.8 Å². The Balaban J connectivity index is 1.66. The third kappa shape index (κ3) is 4.67. The fraction of sp³-hybridized carbons (Fsp3) is 0.476. The van der Waals surface area contributed by atoms with Crippen molar-refractivity contribution in [2.45, 2.75) is 65.1 Å². The smallest absolute Gasteiger partial charge is 0.338 e. The number of carbonyl (C=O) groups excluding carboxylic acids is 3. The summed E-state index contributed by atoms with van der Waals surface area (Å²) in [7, 11) is 0. The van der Waals surface area contributed by atoms with E-state index in [4.69, 9.17) is 4.74 Å². The highest BCUT2D eigenvalue weighted by Gasteiger charge is 2.23. The van der Waals surface area contributed by atoms with Crippen molar-refractivity contribution in [3.63, 3.8) is 0 Å². The molecule has 1 heterocycles. The molecule has 9 nitrogen and oxygen atoms in total. The zero-order valence-electron chi connectivity index (χ0n) is 17.4. The molecule has 0 unspecified atom stereocenters. The second-order valence-corrected chi connectivity index (χ2v) is 7.44. The van der Waals surface area contributed by atoms with Gasteiger partial charge in [-0.25, -0.2) is 14.6 Å². The van der Waals surface area contributed by atoms with Gasteiger partial charge in [0.25, 0.3) is 11.5 Å². The molecule has 0 aliphatic heterocycles. The van der Waals surface area contributed by atoms with Crippen LogP contribution in [0.1, 0.15) is 55.6 Å². The van der Waals surface area contributed by atoms with Crippen molar-refractivity contribution < 1.29 is 19.1 Å². The second kappa shape index (κ2) is 9.06. The molecule has 2 aromatic rings. The average molecular weight is 414 g/mol. The van der Waals surface area contributed by atoms with Crippen molar-refractivity contribution >= 4 is 28.9 Å². The Kier molecular flexibility index (Phi) is 6.49. The van der Waals surface area contributed by atoms with Gasteiger partial charge in [0.15, 0.2) is 6.10 Å². The summed E-state index contributed by atoms with van der Waals surface area (Å²) in [5, 5.41) is 4.95. The van der Waals surface area contributed by atoms with Gasteiger partial charge in [-0.2, -0.15) is 0 Å². The molecule has 2 N–H and O–H groups in total. The standard InChI is InChI=1S/C21H26N4O5/c1-4-25-17-10-9-14(11-16(17)22-12(2)19(25)27)20(28)30-13(3)18(26)24-21(29)23-15-7-5-6-8-15/h9-11,13,15H,4-8H2,1-3H3,(H2,23,24,26,29)/t13-/m0/s1. The number of nitrogens with zero attached hydrogens (tertiary/aromatic N) is 2. The Bertz CT molecular complexity index is 1040. The predicted molar refractivity (Wildman–Crippen MR) is 110 cm³/mol. The number of imide groups is 1. The van der Waals surface area contributed by atoms with Gasteiger partial charge in [-0.3, -0.25) is 14.9 Å². The number of aromatic nitrogens is 2. The maximum absolute atomic E-state index is 12.5. The van der Waals surface area contributed by atoms with Gasteiger partial charge in [0, 0.05) is 12.6 Å². The normalized spacial score (nSPS) is 15.0. The lowest BCUT2D eigenvalue weighted by Gasteiger charge is -2.16. The van der Waals surface area contributed by atoms with E-state index in [1.807, 2.05) is 6.92 Å². The fourth-order valence-corrected chi connectivity index (χ4v) is 3.60. The topological polar surface area (TPSA) is 119 Å². The summed E-state index contributed by atoms with van der Waals surface area (Å²) < 4.78 is 6.78. The zero-order valence-corrected chi connectivity index (χ0v) is 17.4. The van der Waals surface area contributed by atoms with Crippen LogP contribution in [0.5, 0.6) is 0 Å². The molecule has 1 saturated carbocycles. The number of hydrogen-bond donors (Lipinski definition) is 2. The number of ether oxygens (including phenoxy) is 1. The Morgan fingerprint density at radius 3 is 2.63 bits per heavy atom. The van der Waals surface area contributed by atoms with Crippen LogP contribution in [0, 0.1) is 6.92 Å². The molecule has 1 aromatic carbocycles. The Morgan fingerprint density at radius 2 is 1.97 bits per heavy atom. The van der Waals surface area contributed by atoms with E-state index in [1.54, 1.807) is 17.6 Å². The Morgan fingerprint density at radius 1 is 1.27 bits per heavy atom. The minimum Gasteiger partial charge on any atom is -0.449 e. The number of carbonyl (C=O) groups is 3. The Labute approximate surface area is 173 Å². The van der Waals surface area contributed by atoms with Crippen LogP contribution in [0.3, 0.4) is 0 Å². The van der Waals surface area contributed by atoms with Crippen LogP contribution in [0.2, 0.25) is 0 Å². The molecular weight excluding hydrogens is 388 g/mol. The van der Waals surface area contributed by atoms with Gasteiger partial charge in [-0.15, -0.1) is 0 Å². The van der Waals surface area contributed by atoms with Gasteiger partial charge in [0.2, 0.25) is 0 Å². The summed E-state index contributed by atoms with van der Waals surface area (Å²) >= 11 is 0. The largest absolute Gasteiger partial charge is 0.449 e. The summed E-state index contributed by atoms with van der Waals surface area (Å²) in [5.41, 5.74) is 1.44. The van der Waals surface area contributed by atoms with E-state index in [0.717, 1.165) is 25.7 Å². The lowest BCUT2D eigenvalue weighted by atomic mass is 10.2. The molecule has 1 aromatic heterocycles. The summed E-state index contributed by atoms with van der Waals surface area (Å²) in [4.78, 5) is 53.0. The molecule has 1 aliphatic rings. The first-order chi connectivity index (χ1) is 14.3. The van der Waals surface area contributed by atoms with E-state index in [0.29, 0.717) is 23.3 Å². The van der Waals surface area contributed by atoms with E-state index in [2.05, 4.69) is 15.6 Å². The van der Waals surface area contributed by atoms with Crippen LogP contribution < -0.4 is 16.2 Å². The summed E-state index contributed by atoms with van der Waals surface area (Å²) in [6.45, 7) is 5.34. The zero-order chi connectivity index (χ0) is 21.8. The van der Waals surface area contributed by atoms with E-state index in [-0.39, 0.29) is 17.2 Å². The molecule has 0 bridgehead atoms. The van der Waals surface area contributed by atoms with Crippen LogP contribution in [-0.4, -0.2) is 39.6 Å². The summed E-state index contributed by atoms with van der Waals surface area (Å²) in [6, 6.07) is 4.16. The molecule has 3 amide bonds. The molecule has 3 rings (SSSR count). The van der Waals surface area contributed by atoms with Gasteiger partial charge < -0.3 is 14.6 Å². The molecule has 0 radical (unpaired) electrons. The van der Waals surface area contributed by atoms with Gasteiger partial charge in [0.1, 0.15) is 5.69 Å². The van der Waals surface area contributed by atoms with Crippen LogP contribution >= 0.6 is 0 Å². The average Bonchev–Trinajstić information content (AvgIpc) is 3.21. The minimum absolute atomic E-state index is 0.0738. The molecular formula is C21H26N4O5. The number of urea groups is 1. The van der Waals surface area contributed by atoms with Gasteiger partial charge in [0.05, 0.1) is 16.6 Å². The van der Waals surface area contributed by atoms with E-state index < -0.39 is 24.0 Å². The molecule has 9 heteroatoms. The monoisotopic (exact) mass is 414 g/mol. The van der Waals surface area contributed by atoms with Crippen LogP contribution in [-0.2, 0) is 16.1 Å². The predicted octanol–water partition coefficient (Wildman–Crippen LogP) is 2.04. The molecule has 0 spiro atoms. The fourth-order valence-electron chi connectivity index (χ4n) is 3.60. The van der Waals surface area contributed by atoms with E-state index >= 15 is 0 Å². The molecule has 0 saturated heterocycles. The van der Waals surface area contributed by atoms with Gasteiger partial charge >= 0.3 is 12.0 Å². The number of nitrogens with one attached hydrogen (secondary N) is 2. The summed E-state index contributed by atoms with van der Waals surface area (Å²) in [6.07, 6.45) is 2.76. The maximum Gasteiger partial charge on any atom is 0.338 e. The number of aryl methyl sites for hydroxylation is 2. The lowest BCUT2D eigenvalue weighted by Crippen LogP contribution is -2.47. The SMILES string of the molecule is CCn1c(=O)c(C)nc2cc(C(=O)O[C@@H](C)C(=O)NC(=O)NC3CCCC3)ccc21. The molecule has 1 atom stereocenters. The van der Waals surface area contributed by atoms with Crippen LogP contribution in [0.4, 0.5) is 4.79 Å². The highest BCUT2D eigenvalue weighted by Crippen LogP contribution is 2.17. The van der Waals surface area contributed by atoms with Crippen molar-refractivity contribution in [2.24, 2.45) is 0 Å². The van der Waals surface area contributed by atoms with Crippen LogP contribution in [0.25, 0.3) is 11.0 Å². The van der Waals surface area contributed by atoms with E-state index in [9.17, 15) is 19.2 Å². The second-order valence-electron chi connectivity index (χ2n) is 7.44. The number of benzene rings is 1. The van der Waals surface area contributed by atoms with Crippen molar-refractivity contribution in [1.29, 1.82) is 0 Å². The number of fused-ring (bicyclic) bond motifs is 1. The van der Waals surface area contributed by atoms with Crippen molar-refractivity contribution in [1.82, 2.24) is 20.2 Å². The highest BCUT2D eigenvalue weighted by atomic mass is 16.5. The minimum atomic E-state index is -1.15. The third-order valence-electron chi connectivity index (χ3n) is 5.24. The quantitative estimate of drug-likeness (QED) is 0.723. The maximum atomic E-state index is 12.5. The van der Waals surface area contributed by atoms with Crippen LogP contribution in [0.15, 0.2) is 23.0 Å². The molecule has 30 heavy (non-hydrogen) atoms. The first kappa shape index (κ1) is 21.5. The first-order valence-electron chi connectivity index (χ1n) is 10.1. The summed E-state index contributed by atoms with van der Waals surface area (Å²) in [5.74, 6) is -1.42. The van der Waals surface area contributed by atoms with E-state index in [1.165, 1.54) is 19.1 Å². The third-order valence-corrected chi connectivity index (χ3v) is 5.24. The van der Waals surface area contributed by atoms with Gasteiger partial charge in [-0.05, 0) is 51.8 Å². The first-order valence-corrected chi connectivity index (χ1v) is 10.1. The van der Waals surface area contributed by atoms with Gasteiger partial charge in [-0.1, -0.05) is 12.8 Å². The molecule has 1 fully saturated rings. The number of amides is 3. The molecule has 160 valence electrons. The number of rotatable bonds is 5. The van der Waals surface area contributed by atoms with Crippen molar-refractivity contribution in [3.8, 4) is 0 Å². The highest BCUT2D eigenvalue weighted by molar-refractivity contribution is 5.99. The molecule has 1 aliphatic carbocycles. The Hall–Kier alpha value is -3.23.